The van der Waals surface area contributed by atoms with Crippen LogP contribution in [0.3, 0.4) is 0 Å². The van der Waals surface area contributed by atoms with E-state index in [1.54, 1.807) is 24.3 Å². The molecule has 0 unspecified atom stereocenters. The third kappa shape index (κ3) is 7.06. The van der Waals surface area contributed by atoms with E-state index in [2.05, 4.69) is 37.3 Å². The Hall–Kier alpha value is -5.60. The maximum absolute atomic E-state index is 13.6. The lowest BCUT2D eigenvalue weighted by molar-refractivity contribution is -0.388. The summed E-state index contributed by atoms with van der Waals surface area (Å²) >= 11 is 0. The lowest BCUT2D eigenvalue weighted by Crippen LogP contribution is -2.34. The number of rotatable bonds is 8. The number of nitro benzene ring substituents is 1. The molecule has 1 aromatic heterocycles. The maximum atomic E-state index is 13.6. The first kappa shape index (κ1) is 29.9. The van der Waals surface area contributed by atoms with Gasteiger partial charge >= 0.3 is 12.2 Å². The number of hydrogen-bond donors (Lipinski definition) is 3. The summed E-state index contributed by atoms with van der Waals surface area (Å²) in [5.41, 5.74) is 0.695. The zero-order valence-corrected chi connectivity index (χ0v) is 23.0. The Morgan fingerprint density at radius 2 is 1.75 bits per heavy atom. The molecule has 15 heteroatoms. The molecule has 3 aromatic carbocycles. The van der Waals surface area contributed by atoms with E-state index >= 15 is 0 Å². The minimum Gasteiger partial charge on any atom is -0.308 e. The van der Waals surface area contributed by atoms with Crippen molar-refractivity contribution >= 4 is 40.5 Å². The summed E-state index contributed by atoms with van der Waals surface area (Å²) in [7, 11) is 0. The summed E-state index contributed by atoms with van der Waals surface area (Å²) in [5.74, 6) is -0.493. The van der Waals surface area contributed by atoms with Crippen molar-refractivity contribution in [2.75, 3.05) is 15.5 Å². The molecule has 0 atom stereocenters. The van der Waals surface area contributed by atoms with Gasteiger partial charge in [0.2, 0.25) is 0 Å². The number of hydrogen-bond acceptors (Lipinski definition) is 7. The number of carbonyl (C=O) groups is 2. The molecule has 1 aliphatic carbocycles. The molecule has 0 aliphatic heterocycles. The van der Waals surface area contributed by atoms with Crippen molar-refractivity contribution < 1.29 is 27.7 Å². The second kappa shape index (κ2) is 12.7. The van der Waals surface area contributed by atoms with Gasteiger partial charge in [0.1, 0.15) is 5.56 Å². The number of anilines is 3. The van der Waals surface area contributed by atoms with Crippen LogP contribution < -0.4 is 15.5 Å². The van der Waals surface area contributed by atoms with Gasteiger partial charge in [0, 0.05) is 23.0 Å². The Kier molecular flexibility index (Phi) is 8.64. The Morgan fingerprint density at radius 1 is 1.00 bits per heavy atom. The van der Waals surface area contributed by atoms with Crippen molar-refractivity contribution in [3.05, 3.63) is 105 Å². The summed E-state index contributed by atoms with van der Waals surface area (Å²) in [4.78, 5) is 37.4. The third-order valence-corrected chi connectivity index (χ3v) is 6.96. The van der Waals surface area contributed by atoms with Gasteiger partial charge in [-0.2, -0.15) is 18.4 Å². The number of benzene rings is 3. The largest absolute Gasteiger partial charge is 0.423 e. The second-order valence-electron chi connectivity index (χ2n) is 9.91. The maximum Gasteiger partial charge on any atom is 0.423 e. The van der Waals surface area contributed by atoms with Crippen molar-refractivity contribution in [3.8, 4) is 0 Å². The fourth-order valence-electron chi connectivity index (χ4n) is 4.76. The summed E-state index contributed by atoms with van der Waals surface area (Å²) in [6.07, 6.45) is 1.32. The van der Waals surface area contributed by atoms with Crippen LogP contribution in [0.4, 0.5) is 41.0 Å². The molecule has 1 aliphatic rings. The van der Waals surface area contributed by atoms with Gasteiger partial charge in [0.15, 0.2) is 0 Å². The number of amides is 3. The van der Waals surface area contributed by atoms with E-state index in [1.807, 2.05) is 12.1 Å². The molecule has 12 nitrogen and oxygen atoms in total. The van der Waals surface area contributed by atoms with Crippen molar-refractivity contribution in [2.45, 2.75) is 38.4 Å². The molecule has 226 valence electrons. The van der Waals surface area contributed by atoms with Gasteiger partial charge in [-0.15, -0.1) is 5.10 Å². The van der Waals surface area contributed by atoms with Crippen LogP contribution in [0, 0.1) is 10.1 Å². The fraction of sp³-hybridized carbons (Fsp3) is 0.207. The fourth-order valence-corrected chi connectivity index (χ4v) is 4.76. The standard InChI is InChI=1S/C29H25F3N8O4/c30-29(31,32)24-16-22(12-15-25(24)40(43)44)33-28(42)39(23-13-10-20(11-14-23)19-4-2-1-3-5-19)17-18-6-8-21(9-7-18)26(41)34-27-35-37-38-36-27/h4,6-16H,1-3,5,17H2,(H,33,42)(H2,34,35,36,37,38,41). The number of allylic oxidation sites excluding steroid dienone is 2. The highest BCUT2D eigenvalue weighted by atomic mass is 19.4. The first-order chi connectivity index (χ1) is 21.1. The summed E-state index contributed by atoms with van der Waals surface area (Å²) in [6, 6.07) is 15.1. The number of carbonyl (C=O) groups excluding carboxylic acids is 2. The number of aromatic nitrogens is 4. The van der Waals surface area contributed by atoms with Crippen LogP contribution in [0.2, 0.25) is 0 Å². The number of aromatic amines is 1. The molecule has 44 heavy (non-hydrogen) atoms. The Labute approximate surface area is 248 Å². The van der Waals surface area contributed by atoms with Crippen LogP contribution in [-0.4, -0.2) is 37.5 Å². The van der Waals surface area contributed by atoms with E-state index in [4.69, 9.17) is 0 Å². The van der Waals surface area contributed by atoms with Crippen molar-refractivity contribution in [1.82, 2.24) is 20.6 Å². The lowest BCUT2D eigenvalue weighted by Gasteiger charge is -2.24. The molecular weight excluding hydrogens is 581 g/mol. The average molecular weight is 607 g/mol. The number of nitrogens with one attached hydrogen (secondary N) is 3. The second-order valence-corrected chi connectivity index (χ2v) is 9.91. The minimum absolute atomic E-state index is 0.00529. The number of alkyl halides is 3. The van der Waals surface area contributed by atoms with Gasteiger partial charge in [0.25, 0.3) is 17.5 Å². The number of H-pyrrole nitrogens is 1. The van der Waals surface area contributed by atoms with Gasteiger partial charge in [-0.3, -0.25) is 25.1 Å². The van der Waals surface area contributed by atoms with E-state index in [0.717, 1.165) is 37.3 Å². The molecule has 3 N–H and O–H groups in total. The molecular formula is C29H25F3N8O4. The highest BCUT2D eigenvalue weighted by Gasteiger charge is 2.38. The van der Waals surface area contributed by atoms with Crippen LogP contribution in [-0.2, 0) is 12.7 Å². The SMILES string of the molecule is O=C(Nc1nn[nH]n1)c1ccc(CN(C(=O)Nc2ccc([N+](=O)[O-])c(C(F)(F)F)c2)c2ccc(C3=CCCCC3)cc2)cc1. The summed E-state index contributed by atoms with van der Waals surface area (Å²) in [6.45, 7) is -0.0142. The third-order valence-electron chi connectivity index (χ3n) is 6.96. The first-order valence-electron chi connectivity index (χ1n) is 13.5. The van der Waals surface area contributed by atoms with Gasteiger partial charge in [-0.1, -0.05) is 35.4 Å². The summed E-state index contributed by atoms with van der Waals surface area (Å²) in [5, 5.41) is 29.0. The van der Waals surface area contributed by atoms with Gasteiger partial charge in [-0.05, 0) is 84.0 Å². The van der Waals surface area contributed by atoms with Crippen LogP contribution in [0.15, 0.2) is 72.8 Å². The number of urea groups is 1. The molecule has 0 saturated heterocycles. The predicted octanol–water partition coefficient (Wildman–Crippen LogP) is 6.58. The number of nitro groups is 1. The Bertz CT molecular complexity index is 1690. The van der Waals surface area contributed by atoms with Crippen molar-refractivity contribution in [2.24, 2.45) is 0 Å². The highest BCUT2D eigenvalue weighted by molar-refractivity contribution is 6.03. The van der Waals surface area contributed by atoms with Crippen molar-refractivity contribution in [1.29, 1.82) is 0 Å². The molecule has 0 radical (unpaired) electrons. The van der Waals surface area contributed by atoms with Gasteiger partial charge in [-0.25, -0.2) is 4.79 Å². The zero-order valence-electron chi connectivity index (χ0n) is 23.0. The van der Waals surface area contributed by atoms with E-state index in [0.29, 0.717) is 23.4 Å². The van der Waals surface area contributed by atoms with Gasteiger partial charge < -0.3 is 5.32 Å². The highest BCUT2D eigenvalue weighted by Crippen LogP contribution is 2.38. The number of nitrogens with zero attached hydrogens (tertiary/aromatic N) is 5. The van der Waals surface area contributed by atoms with E-state index in [-0.39, 0.29) is 23.7 Å². The molecule has 0 spiro atoms. The lowest BCUT2D eigenvalue weighted by atomic mass is 9.93. The Morgan fingerprint density at radius 3 is 2.36 bits per heavy atom. The normalized spacial score (nSPS) is 13.1. The smallest absolute Gasteiger partial charge is 0.308 e. The van der Waals surface area contributed by atoms with Gasteiger partial charge in [0.05, 0.1) is 11.5 Å². The number of halogens is 3. The number of tetrazole rings is 1. The predicted molar refractivity (Wildman–Crippen MR) is 155 cm³/mol. The van der Waals surface area contributed by atoms with Crippen LogP contribution >= 0.6 is 0 Å². The summed E-state index contributed by atoms with van der Waals surface area (Å²) < 4.78 is 40.7. The first-order valence-corrected chi connectivity index (χ1v) is 13.5. The van der Waals surface area contributed by atoms with E-state index < -0.39 is 34.3 Å². The Balaban J connectivity index is 1.41. The van der Waals surface area contributed by atoms with Crippen LogP contribution in [0.5, 0.6) is 0 Å². The molecule has 0 bridgehead atoms. The average Bonchev–Trinajstić information content (AvgIpc) is 3.53. The monoisotopic (exact) mass is 606 g/mol. The van der Waals surface area contributed by atoms with Crippen LogP contribution in [0.25, 0.3) is 5.57 Å². The zero-order chi connectivity index (χ0) is 31.3. The molecule has 0 fully saturated rings. The molecule has 3 amide bonds. The molecule has 4 aromatic rings. The molecule has 0 saturated carbocycles. The van der Waals surface area contributed by atoms with E-state index in [9.17, 15) is 32.9 Å². The molecule has 5 rings (SSSR count). The van der Waals surface area contributed by atoms with E-state index in [1.165, 1.54) is 22.6 Å². The topological polar surface area (TPSA) is 159 Å². The van der Waals surface area contributed by atoms with Crippen molar-refractivity contribution in [3.63, 3.8) is 0 Å². The molecule has 1 heterocycles. The quantitative estimate of drug-likeness (QED) is 0.151. The van der Waals surface area contributed by atoms with Crippen LogP contribution in [0.1, 0.15) is 52.7 Å². The minimum atomic E-state index is -5.01.